The van der Waals surface area contributed by atoms with E-state index < -0.39 is 0 Å². The van der Waals surface area contributed by atoms with Gasteiger partial charge in [0.2, 0.25) is 0 Å². The minimum Gasteiger partial charge on any atom is -0.348 e. The predicted molar refractivity (Wildman–Crippen MR) is 130 cm³/mol. The van der Waals surface area contributed by atoms with Crippen LogP contribution in [0, 0.1) is 12.3 Å². The molecule has 0 atom stereocenters. The number of aryl methyl sites for hydroxylation is 1. The van der Waals surface area contributed by atoms with E-state index in [9.17, 15) is 0 Å². The summed E-state index contributed by atoms with van der Waals surface area (Å²) in [7, 11) is 0. The molecule has 0 spiro atoms. The summed E-state index contributed by atoms with van der Waals surface area (Å²) in [5.74, 6) is 0. The number of rotatable bonds is 8. The van der Waals surface area contributed by atoms with Crippen molar-refractivity contribution in [1.82, 2.24) is 14.1 Å². The Morgan fingerprint density at radius 3 is 2.77 bits per heavy atom. The number of hydrogen-bond acceptors (Lipinski definition) is 4. The second-order valence-corrected chi connectivity index (χ2v) is 10.5. The quantitative estimate of drug-likeness (QED) is 0.439. The molecule has 158 valence electrons. The van der Waals surface area contributed by atoms with Crippen LogP contribution in [0.15, 0.2) is 55.4 Å². The fourth-order valence-corrected chi connectivity index (χ4v) is 4.62. The third kappa shape index (κ3) is 4.73. The molecule has 2 aromatic heterocycles. The number of pyridine rings is 1. The summed E-state index contributed by atoms with van der Waals surface area (Å²) in [4.78, 5) is 7.05. The van der Waals surface area contributed by atoms with Crippen LogP contribution in [0.3, 0.4) is 0 Å². The number of anilines is 1. The molecule has 5 heteroatoms. The monoisotopic (exact) mass is 420 g/mol. The highest BCUT2D eigenvalue weighted by atomic mass is 32.2. The molecule has 1 fully saturated rings. The van der Waals surface area contributed by atoms with Crippen molar-refractivity contribution in [3.8, 4) is 11.3 Å². The molecule has 4 rings (SSSR count). The van der Waals surface area contributed by atoms with Crippen LogP contribution in [0.5, 0.6) is 0 Å². The summed E-state index contributed by atoms with van der Waals surface area (Å²) in [6.45, 7) is 14.8. The third-order valence-corrected chi connectivity index (χ3v) is 6.39. The fourth-order valence-electron chi connectivity index (χ4n) is 3.77. The lowest BCUT2D eigenvalue weighted by atomic mass is 9.95. The van der Waals surface area contributed by atoms with Gasteiger partial charge in [-0.15, -0.1) is 0 Å². The van der Waals surface area contributed by atoms with E-state index in [1.54, 1.807) is 0 Å². The van der Waals surface area contributed by atoms with Gasteiger partial charge < -0.3 is 4.90 Å². The molecule has 1 N–H and O–H groups in total. The molecule has 1 aliphatic rings. The van der Waals surface area contributed by atoms with Crippen LogP contribution in [0.1, 0.15) is 44.9 Å². The number of nitrogens with zero attached hydrogens (tertiary/aromatic N) is 3. The Hall–Kier alpha value is -2.24. The maximum atomic E-state index is 4.76. The number of imidazole rings is 1. The van der Waals surface area contributed by atoms with Crippen LogP contribution < -0.4 is 9.62 Å². The number of aromatic nitrogens is 2. The van der Waals surface area contributed by atoms with Crippen molar-refractivity contribution < 1.29 is 0 Å². The predicted octanol–water partition coefficient (Wildman–Crippen LogP) is 6.21. The van der Waals surface area contributed by atoms with Crippen molar-refractivity contribution >= 4 is 23.3 Å². The van der Waals surface area contributed by atoms with Gasteiger partial charge in [0.25, 0.3) is 0 Å². The zero-order valence-electron chi connectivity index (χ0n) is 18.5. The Labute approximate surface area is 184 Å². The Bertz CT molecular complexity index is 1040. The Kier molecular flexibility index (Phi) is 5.94. The maximum Gasteiger partial charge on any atom is 0.137 e. The Morgan fingerprint density at radius 2 is 2.07 bits per heavy atom. The van der Waals surface area contributed by atoms with Crippen molar-refractivity contribution in [2.75, 3.05) is 11.4 Å². The molecule has 1 aromatic carbocycles. The first kappa shape index (κ1) is 21.0. The lowest BCUT2D eigenvalue weighted by Gasteiger charge is -2.31. The number of fused-ring (bicyclic) bond motifs is 1. The number of benzene rings is 1. The first-order valence-corrected chi connectivity index (χ1v) is 11.6. The maximum absolute atomic E-state index is 4.76. The van der Waals surface area contributed by atoms with Gasteiger partial charge in [-0.3, -0.25) is 9.12 Å². The molecule has 0 unspecified atom stereocenters. The molecule has 1 saturated carbocycles. The largest absolute Gasteiger partial charge is 0.348 e. The summed E-state index contributed by atoms with van der Waals surface area (Å²) in [5.41, 5.74) is 7.03. The van der Waals surface area contributed by atoms with Gasteiger partial charge in [0.15, 0.2) is 0 Å². The van der Waals surface area contributed by atoms with Crippen LogP contribution in [0.2, 0.25) is 0 Å². The van der Waals surface area contributed by atoms with Crippen LogP contribution >= 0.6 is 11.9 Å². The molecule has 0 radical (unpaired) electrons. The van der Waals surface area contributed by atoms with E-state index in [0.29, 0.717) is 0 Å². The van der Waals surface area contributed by atoms with Gasteiger partial charge in [-0.2, -0.15) is 0 Å². The molecule has 4 nitrogen and oxygen atoms in total. The fraction of sp³-hybridized carbons (Fsp3) is 0.400. The first-order valence-electron chi connectivity index (χ1n) is 10.7. The Morgan fingerprint density at radius 1 is 1.27 bits per heavy atom. The van der Waals surface area contributed by atoms with Crippen LogP contribution in [0.25, 0.3) is 16.9 Å². The average Bonchev–Trinajstić information content (AvgIpc) is 3.46. The van der Waals surface area contributed by atoms with Gasteiger partial charge in [-0.25, -0.2) is 4.98 Å². The van der Waals surface area contributed by atoms with Gasteiger partial charge in [0.05, 0.1) is 11.4 Å². The lowest BCUT2D eigenvalue weighted by molar-refractivity contribution is 0.423. The highest BCUT2D eigenvalue weighted by Gasteiger charge is 2.23. The molecule has 30 heavy (non-hydrogen) atoms. The molecule has 0 aliphatic heterocycles. The van der Waals surface area contributed by atoms with E-state index in [0.717, 1.165) is 35.4 Å². The Balaban J connectivity index is 1.74. The number of hydrogen-bond donors (Lipinski definition) is 1. The van der Waals surface area contributed by atoms with Crippen molar-refractivity contribution in [3.63, 3.8) is 0 Å². The molecule has 2 heterocycles. The zero-order valence-corrected chi connectivity index (χ0v) is 19.3. The summed E-state index contributed by atoms with van der Waals surface area (Å²) in [6.07, 6.45) is 6.72. The molecule has 1 aliphatic carbocycles. The van der Waals surface area contributed by atoms with E-state index in [-0.39, 0.29) is 5.41 Å². The van der Waals surface area contributed by atoms with E-state index in [2.05, 4.69) is 84.8 Å². The standard InChI is InChI=1S/C25H32N4S/c1-6-28(17-25(3,4)5)22-15-19(10-11-20(22)16-26-30-21-12-13-21)24-18(2)27-23-9-7-8-14-29(23)24/h6-11,14-15,21,26H,1,12-13,16-17H2,2-5H3. The van der Waals surface area contributed by atoms with Crippen molar-refractivity contribution in [2.24, 2.45) is 5.41 Å². The summed E-state index contributed by atoms with van der Waals surface area (Å²) in [6, 6.07) is 12.9. The molecule has 3 aromatic rings. The highest BCUT2D eigenvalue weighted by molar-refractivity contribution is 7.98. The van der Waals surface area contributed by atoms with E-state index in [1.807, 2.05) is 24.2 Å². The number of nitrogens with one attached hydrogen (secondary N) is 1. The van der Waals surface area contributed by atoms with Crippen molar-refractivity contribution in [3.05, 3.63) is 66.6 Å². The van der Waals surface area contributed by atoms with Crippen molar-refractivity contribution in [2.45, 2.75) is 52.3 Å². The lowest BCUT2D eigenvalue weighted by Crippen LogP contribution is -2.29. The molecule has 0 amide bonds. The first-order chi connectivity index (χ1) is 14.4. The smallest absolute Gasteiger partial charge is 0.137 e. The van der Waals surface area contributed by atoms with Gasteiger partial charge in [0, 0.05) is 35.8 Å². The minimum atomic E-state index is 0.164. The molecular weight excluding hydrogens is 388 g/mol. The van der Waals surface area contributed by atoms with Gasteiger partial charge >= 0.3 is 0 Å². The van der Waals surface area contributed by atoms with Crippen LogP contribution in [-0.4, -0.2) is 21.2 Å². The molecular formula is C25H32N4S. The zero-order chi connectivity index (χ0) is 21.3. The summed E-state index contributed by atoms with van der Waals surface area (Å²) >= 11 is 1.88. The third-order valence-electron chi connectivity index (χ3n) is 5.27. The van der Waals surface area contributed by atoms with E-state index in [4.69, 9.17) is 4.98 Å². The second-order valence-electron chi connectivity index (χ2n) is 9.33. The average molecular weight is 421 g/mol. The summed E-state index contributed by atoms with van der Waals surface area (Å²) < 4.78 is 5.76. The van der Waals surface area contributed by atoms with E-state index in [1.165, 1.54) is 29.7 Å². The van der Waals surface area contributed by atoms with Gasteiger partial charge in [0.1, 0.15) is 5.65 Å². The summed E-state index contributed by atoms with van der Waals surface area (Å²) in [5, 5.41) is 0.790. The van der Waals surface area contributed by atoms with Crippen molar-refractivity contribution in [1.29, 1.82) is 0 Å². The molecule has 0 bridgehead atoms. The normalized spacial score (nSPS) is 14.3. The SMILES string of the molecule is C=CN(CC(C)(C)C)c1cc(-c2c(C)nc3ccccn23)ccc1CNSC1CC1. The minimum absolute atomic E-state index is 0.164. The van der Waals surface area contributed by atoms with Gasteiger partial charge in [-0.05, 0) is 55.1 Å². The van der Waals surface area contributed by atoms with Gasteiger partial charge in [-0.1, -0.05) is 57.5 Å². The molecule has 0 saturated heterocycles. The van der Waals surface area contributed by atoms with Crippen LogP contribution in [0.4, 0.5) is 5.69 Å². The van der Waals surface area contributed by atoms with E-state index >= 15 is 0 Å². The highest BCUT2D eigenvalue weighted by Crippen LogP contribution is 2.35. The second kappa shape index (κ2) is 8.48. The van der Waals surface area contributed by atoms with Crippen LogP contribution in [-0.2, 0) is 6.54 Å². The topological polar surface area (TPSA) is 32.6 Å².